The summed E-state index contributed by atoms with van der Waals surface area (Å²) in [6, 6.07) is 4.19. The molecule has 0 fully saturated rings. The molecule has 0 unspecified atom stereocenters. The van der Waals surface area contributed by atoms with E-state index in [0.29, 0.717) is 17.7 Å². The Morgan fingerprint density at radius 3 is 2.52 bits per heavy atom. The number of rotatable bonds is 8. The van der Waals surface area contributed by atoms with E-state index in [1.807, 2.05) is 13.8 Å². The zero-order valence-electron chi connectivity index (χ0n) is 11.8. The van der Waals surface area contributed by atoms with E-state index < -0.39 is 17.1 Å². The molecule has 0 aliphatic carbocycles. The van der Waals surface area contributed by atoms with Gasteiger partial charge in [0.05, 0.1) is 15.9 Å². The van der Waals surface area contributed by atoms with Gasteiger partial charge in [-0.25, -0.2) is 0 Å². The lowest BCUT2D eigenvalue weighted by Crippen LogP contribution is -2.35. The molecule has 1 amide bonds. The van der Waals surface area contributed by atoms with Crippen molar-refractivity contribution in [3.63, 3.8) is 0 Å². The van der Waals surface area contributed by atoms with Crippen molar-refractivity contribution in [3.8, 4) is 0 Å². The fourth-order valence-electron chi connectivity index (χ4n) is 1.61. The van der Waals surface area contributed by atoms with Crippen molar-refractivity contribution in [1.29, 1.82) is 0 Å². The van der Waals surface area contributed by atoms with Crippen molar-refractivity contribution in [2.24, 2.45) is 0 Å². The number of halogens is 1. The molecule has 21 heavy (non-hydrogen) atoms. The number of nitrogens with zero attached hydrogens (tertiary/aromatic N) is 1. The van der Waals surface area contributed by atoms with Crippen LogP contribution in [0.4, 0.5) is 5.69 Å². The molecule has 1 aromatic carbocycles. The van der Waals surface area contributed by atoms with Gasteiger partial charge in [0.15, 0.2) is 6.29 Å². The average Bonchev–Trinajstić information content (AvgIpc) is 2.45. The summed E-state index contributed by atoms with van der Waals surface area (Å²) in [4.78, 5) is 22.3. The molecular weight excluding hydrogens is 344 g/mol. The highest BCUT2D eigenvalue weighted by atomic mass is 79.9. The smallest absolute Gasteiger partial charge is 0.284 e. The summed E-state index contributed by atoms with van der Waals surface area (Å²) in [6.07, 6.45) is -0.533. The zero-order valence-corrected chi connectivity index (χ0v) is 13.4. The quantitative estimate of drug-likeness (QED) is 0.436. The molecule has 0 bridgehead atoms. The molecule has 0 radical (unpaired) electrons. The molecule has 1 aromatic rings. The van der Waals surface area contributed by atoms with Gasteiger partial charge < -0.3 is 14.8 Å². The molecule has 0 aliphatic heterocycles. The molecule has 7 nitrogen and oxygen atoms in total. The van der Waals surface area contributed by atoms with Crippen molar-refractivity contribution in [2.75, 3.05) is 19.8 Å². The van der Waals surface area contributed by atoms with E-state index in [1.165, 1.54) is 18.2 Å². The van der Waals surface area contributed by atoms with E-state index >= 15 is 0 Å². The number of nitro groups is 1. The van der Waals surface area contributed by atoms with E-state index in [1.54, 1.807) is 0 Å². The maximum Gasteiger partial charge on any atom is 0.284 e. The van der Waals surface area contributed by atoms with Crippen LogP contribution in [0.5, 0.6) is 0 Å². The van der Waals surface area contributed by atoms with E-state index in [9.17, 15) is 14.9 Å². The predicted molar refractivity (Wildman–Crippen MR) is 80.2 cm³/mol. The fraction of sp³-hybridized carbons (Fsp3) is 0.462. The third-order valence-corrected chi connectivity index (χ3v) is 3.21. The second-order valence-corrected chi connectivity index (χ2v) is 4.83. The van der Waals surface area contributed by atoms with Gasteiger partial charge in [-0.3, -0.25) is 14.9 Å². The summed E-state index contributed by atoms with van der Waals surface area (Å²) in [7, 11) is 0. The molecule has 1 rings (SSSR count). The normalized spacial score (nSPS) is 10.7. The van der Waals surface area contributed by atoms with Crippen LogP contribution in [0.2, 0.25) is 0 Å². The monoisotopic (exact) mass is 360 g/mol. The van der Waals surface area contributed by atoms with Gasteiger partial charge in [-0.15, -0.1) is 0 Å². The lowest BCUT2D eigenvalue weighted by Gasteiger charge is -2.17. The molecule has 0 heterocycles. The number of carbonyl (C=O) groups is 1. The Bertz CT molecular complexity index is 503. The van der Waals surface area contributed by atoms with Crippen LogP contribution in [0.15, 0.2) is 22.7 Å². The minimum Gasteiger partial charge on any atom is -0.351 e. The first-order valence-corrected chi connectivity index (χ1v) is 7.24. The summed E-state index contributed by atoms with van der Waals surface area (Å²) in [5.74, 6) is -0.421. The van der Waals surface area contributed by atoms with E-state index in [2.05, 4.69) is 21.2 Å². The number of nitrogens with one attached hydrogen (secondary N) is 1. The summed E-state index contributed by atoms with van der Waals surface area (Å²) >= 11 is 3.07. The van der Waals surface area contributed by atoms with Gasteiger partial charge in [0.1, 0.15) is 0 Å². The van der Waals surface area contributed by atoms with Gasteiger partial charge in [-0.1, -0.05) is 0 Å². The minimum absolute atomic E-state index is 0.159. The Hall–Kier alpha value is -1.51. The molecule has 1 N–H and O–H groups in total. The zero-order chi connectivity index (χ0) is 15.8. The lowest BCUT2D eigenvalue weighted by molar-refractivity contribution is -0.385. The van der Waals surface area contributed by atoms with E-state index in [4.69, 9.17) is 9.47 Å². The van der Waals surface area contributed by atoms with Crippen molar-refractivity contribution in [1.82, 2.24) is 5.32 Å². The Kier molecular flexibility index (Phi) is 7.27. The van der Waals surface area contributed by atoms with Crippen LogP contribution in [0.3, 0.4) is 0 Å². The third-order valence-electron chi connectivity index (χ3n) is 2.54. The Labute approximate surface area is 130 Å². The Morgan fingerprint density at radius 2 is 2.00 bits per heavy atom. The number of amides is 1. The Morgan fingerprint density at radius 1 is 1.38 bits per heavy atom. The summed E-state index contributed by atoms with van der Waals surface area (Å²) in [6.45, 7) is 4.75. The van der Waals surface area contributed by atoms with Gasteiger partial charge in [0, 0.05) is 24.8 Å². The van der Waals surface area contributed by atoms with Crippen LogP contribution in [-0.4, -0.2) is 36.9 Å². The molecular formula is C13H17BrN2O5. The first-order valence-electron chi connectivity index (χ1n) is 6.44. The van der Waals surface area contributed by atoms with Crippen LogP contribution in [0.25, 0.3) is 0 Å². The van der Waals surface area contributed by atoms with Gasteiger partial charge in [0.25, 0.3) is 11.6 Å². The highest BCUT2D eigenvalue weighted by molar-refractivity contribution is 9.10. The maximum absolute atomic E-state index is 12.0. The number of nitro benzene ring substituents is 1. The predicted octanol–water partition coefficient (Wildman–Crippen LogP) is 2.49. The van der Waals surface area contributed by atoms with Gasteiger partial charge in [0.2, 0.25) is 0 Å². The second-order valence-electron chi connectivity index (χ2n) is 3.97. The molecule has 0 spiro atoms. The SMILES string of the molecule is CCOC(CNC(=O)c1ccc(Br)c([N+](=O)[O-])c1)OCC. The van der Waals surface area contributed by atoms with Crippen LogP contribution in [-0.2, 0) is 9.47 Å². The van der Waals surface area contributed by atoms with Crippen LogP contribution >= 0.6 is 15.9 Å². The number of carbonyl (C=O) groups excluding carboxylic acids is 1. The molecule has 0 aliphatic rings. The maximum atomic E-state index is 12.0. The standard InChI is InChI=1S/C13H17BrN2O5/c1-3-20-12(21-4-2)8-15-13(17)9-5-6-10(14)11(7-9)16(18)19/h5-7,12H,3-4,8H2,1-2H3,(H,15,17). The van der Waals surface area contributed by atoms with Crippen molar-refractivity contribution in [2.45, 2.75) is 20.1 Å². The van der Waals surface area contributed by atoms with E-state index in [0.717, 1.165) is 0 Å². The number of benzene rings is 1. The van der Waals surface area contributed by atoms with Crippen LogP contribution in [0.1, 0.15) is 24.2 Å². The van der Waals surface area contributed by atoms with Gasteiger partial charge in [-0.05, 0) is 41.9 Å². The average molecular weight is 361 g/mol. The first-order chi connectivity index (χ1) is 9.99. The summed E-state index contributed by atoms with van der Waals surface area (Å²) in [5.41, 5.74) is 0.0467. The van der Waals surface area contributed by atoms with Gasteiger partial charge in [-0.2, -0.15) is 0 Å². The molecule has 8 heteroatoms. The molecule has 0 saturated heterocycles. The molecule has 116 valence electrons. The topological polar surface area (TPSA) is 90.7 Å². The van der Waals surface area contributed by atoms with E-state index in [-0.39, 0.29) is 17.8 Å². The minimum atomic E-state index is -0.552. The summed E-state index contributed by atoms with van der Waals surface area (Å²) in [5, 5.41) is 13.5. The summed E-state index contributed by atoms with van der Waals surface area (Å²) < 4.78 is 10.9. The van der Waals surface area contributed by atoms with Crippen LogP contribution < -0.4 is 5.32 Å². The third kappa shape index (κ3) is 5.41. The highest BCUT2D eigenvalue weighted by Crippen LogP contribution is 2.25. The number of hydrogen-bond acceptors (Lipinski definition) is 5. The van der Waals surface area contributed by atoms with Crippen molar-refractivity contribution < 1.29 is 19.2 Å². The number of ether oxygens (including phenoxy) is 2. The lowest BCUT2D eigenvalue weighted by atomic mass is 10.2. The van der Waals surface area contributed by atoms with Crippen LogP contribution in [0, 0.1) is 10.1 Å². The largest absolute Gasteiger partial charge is 0.351 e. The first kappa shape index (κ1) is 17.5. The Balaban J connectivity index is 2.71. The second kappa shape index (κ2) is 8.71. The highest BCUT2D eigenvalue weighted by Gasteiger charge is 2.17. The molecule has 0 aromatic heterocycles. The van der Waals surface area contributed by atoms with Crippen molar-refractivity contribution >= 4 is 27.5 Å². The molecule has 0 atom stereocenters. The molecule has 0 saturated carbocycles. The van der Waals surface area contributed by atoms with Crippen molar-refractivity contribution in [3.05, 3.63) is 38.3 Å². The number of hydrogen-bond donors (Lipinski definition) is 1. The fourth-order valence-corrected chi connectivity index (χ4v) is 2.00. The van der Waals surface area contributed by atoms with Gasteiger partial charge >= 0.3 is 0 Å².